The summed E-state index contributed by atoms with van der Waals surface area (Å²) >= 11 is 3.31. The van der Waals surface area contributed by atoms with E-state index in [0.29, 0.717) is 16.8 Å². The fourth-order valence-electron chi connectivity index (χ4n) is 1.36. The molecule has 0 saturated carbocycles. The van der Waals surface area contributed by atoms with Gasteiger partial charge in [-0.05, 0) is 41.5 Å². The summed E-state index contributed by atoms with van der Waals surface area (Å²) in [4.78, 5) is 0. The molecule has 0 radical (unpaired) electrons. The van der Waals surface area contributed by atoms with E-state index in [2.05, 4.69) is 21.2 Å². The highest BCUT2D eigenvalue weighted by Gasteiger charge is 2.13. The third-order valence-corrected chi connectivity index (χ3v) is 2.77. The van der Waals surface area contributed by atoms with E-state index in [0.717, 1.165) is 11.1 Å². The number of aromatic hydroxyl groups is 1. The molecule has 0 aliphatic rings. The first kappa shape index (κ1) is 11.3. The number of halogens is 1. The minimum Gasteiger partial charge on any atom is -0.506 e. The highest BCUT2D eigenvalue weighted by Crippen LogP contribution is 2.38. The maximum absolute atomic E-state index is 9.66. The zero-order valence-electron chi connectivity index (χ0n) is 8.52. The van der Waals surface area contributed by atoms with Crippen LogP contribution in [0.5, 0.6) is 11.5 Å². The molecule has 0 heterocycles. The Kier molecular flexibility index (Phi) is 3.77. The van der Waals surface area contributed by atoms with E-state index in [1.54, 1.807) is 7.11 Å². The molecular formula is C10H14BrNO2. The highest BCUT2D eigenvalue weighted by molar-refractivity contribution is 9.10. The van der Waals surface area contributed by atoms with Crippen LogP contribution in [0.15, 0.2) is 10.5 Å². The number of nitrogens with one attached hydrogen (secondary N) is 1. The standard InChI is InChI=1S/C10H14BrNO2/c1-6-4-7(5-12-2)10(14-3)8(11)9(6)13/h4,12-13H,5H2,1-3H3. The van der Waals surface area contributed by atoms with Gasteiger partial charge in [0.25, 0.3) is 0 Å². The lowest BCUT2D eigenvalue weighted by Crippen LogP contribution is -2.07. The first-order valence-electron chi connectivity index (χ1n) is 4.31. The van der Waals surface area contributed by atoms with Crippen LogP contribution in [0.1, 0.15) is 11.1 Å². The summed E-state index contributed by atoms with van der Waals surface area (Å²) < 4.78 is 5.83. The lowest BCUT2D eigenvalue weighted by Gasteiger charge is -2.13. The van der Waals surface area contributed by atoms with Gasteiger partial charge in [-0.2, -0.15) is 0 Å². The molecule has 78 valence electrons. The number of benzene rings is 1. The van der Waals surface area contributed by atoms with Gasteiger partial charge in [0, 0.05) is 12.1 Å². The third kappa shape index (κ3) is 2.01. The van der Waals surface area contributed by atoms with Gasteiger partial charge in [0.1, 0.15) is 16.0 Å². The second kappa shape index (κ2) is 4.66. The molecule has 0 fully saturated rings. The van der Waals surface area contributed by atoms with Crippen molar-refractivity contribution in [1.29, 1.82) is 0 Å². The molecular weight excluding hydrogens is 246 g/mol. The molecule has 14 heavy (non-hydrogen) atoms. The largest absolute Gasteiger partial charge is 0.506 e. The van der Waals surface area contributed by atoms with Crippen molar-refractivity contribution in [1.82, 2.24) is 5.32 Å². The van der Waals surface area contributed by atoms with E-state index in [9.17, 15) is 5.11 Å². The summed E-state index contributed by atoms with van der Waals surface area (Å²) in [6, 6.07) is 1.91. The molecule has 0 unspecified atom stereocenters. The maximum atomic E-state index is 9.66. The van der Waals surface area contributed by atoms with E-state index in [4.69, 9.17) is 4.74 Å². The van der Waals surface area contributed by atoms with Crippen LogP contribution in [0, 0.1) is 6.92 Å². The van der Waals surface area contributed by atoms with Crippen molar-refractivity contribution in [2.75, 3.05) is 14.2 Å². The molecule has 0 atom stereocenters. The summed E-state index contributed by atoms with van der Waals surface area (Å²) in [5.41, 5.74) is 1.86. The van der Waals surface area contributed by atoms with Gasteiger partial charge < -0.3 is 15.2 Å². The van der Waals surface area contributed by atoms with E-state index < -0.39 is 0 Å². The number of methoxy groups -OCH3 is 1. The van der Waals surface area contributed by atoms with Gasteiger partial charge >= 0.3 is 0 Å². The fourth-order valence-corrected chi connectivity index (χ4v) is 2.09. The Morgan fingerprint density at radius 3 is 2.71 bits per heavy atom. The van der Waals surface area contributed by atoms with Crippen LogP contribution in [-0.4, -0.2) is 19.3 Å². The van der Waals surface area contributed by atoms with Crippen LogP contribution in [-0.2, 0) is 6.54 Å². The summed E-state index contributed by atoms with van der Waals surface area (Å²) in [5, 5.41) is 12.7. The van der Waals surface area contributed by atoms with Crippen LogP contribution in [0.2, 0.25) is 0 Å². The van der Waals surface area contributed by atoms with E-state index in [-0.39, 0.29) is 5.75 Å². The predicted molar refractivity (Wildman–Crippen MR) is 59.9 cm³/mol. The molecule has 0 aliphatic carbocycles. The van der Waals surface area contributed by atoms with Gasteiger partial charge in [-0.15, -0.1) is 0 Å². The van der Waals surface area contributed by atoms with E-state index >= 15 is 0 Å². The van der Waals surface area contributed by atoms with Crippen molar-refractivity contribution in [2.24, 2.45) is 0 Å². The van der Waals surface area contributed by atoms with E-state index in [1.165, 1.54) is 0 Å². The van der Waals surface area contributed by atoms with Crippen molar-refractivity contribution in [3.05, 3.63) is 21.7 Å². The van der Waals surface area contributed by atoms with Crippen LogP contribution in [0.4, 0.5) is 0 Å². The van der Waals surface area contributed by atoms with Crippen molar-refractivity contribution in [2.45, 2.75) is 13.5 Å². The number of hydrogen-bond donors (Lipinski definition) is 2. The SMILES string of the molecule is CNCc1cc(C)c(O)c(Br)c1OC. The first-order valence-corrected chi connectivity index (χ1v) is 5.10. The van der Waals surface area contributed by atoms with Crippen LogP contribution in [0.25, 0.3) is 0 Å². The Hall–Kier alpha value is -0.740. The summed E-state index contributed by atoms with van der Waals surface area (Å²) in [6.07, 6.45) is 0. The van der Waals surface area contributed by atoms with Crippen LogP contribution < -0.4 is 10.1 Å². The molecule has 1 rings (SSSR count). The number of ether oxygens (including phenoxy) is 1. The van der Waals surface area contributed by atoms with Gasteiger partial charge in [-0.25, -0.2) is 0 Å². The molecule has 0 amide bonds. The molecule has 1 aromatic carbocycles. The second-order valence-electron chi connectivity index (χ2n) is 3.08. The molecule has 0 bridgehead atoms. The summed E-state index contributed by atoms with van der Waals surface area (Å²) in [6.45, 7) is 2.57. The first-order chi connectivity index (χ1) is 6.61. The minimum absolute atomic E-state index is 0.238. The lowest BCUT2D eigenvalue weighted by molar-refractivity contribution is 0.396. The number of phenols is 1. The average molecular weight is 260 g/mol. The van der Waals surface area contributed by atoms with Gasteiger partial charge in [0.15, 0.2) is 0 Å². The predicted octanol–water partition coefficient (Wildman–Crippen LogP) is 2.19. The van der Waals surface area contributed by atoms with E-state index in [1.807, 2.05) is 20.0 Å². The summed E-state index contributed by atoms with van der Waals surface area (Å²) in [5.74, 6) is 0.921. The van der Waals surface area contributed by atoms with Gasteiger partial charge in [-0.1, -0.05) is 0 Å². The Balaban J connectivity index is 3.28. The Morgan fingerprint density at radius 1 is 1.57 bits per heavy atom. The van der Waals surface area contributed by atoms with Crippen molar-refractivity contribution in [3.63, 3.8) is 0 Å². The molecule has 0 aliphatic heterocycles. The van der Waals surface area contributed by atoms with Crippen LogP contribution >= 0.6 is 15.9 Å². The number of phenolic OH excluding ortho intramolecular Hbond substituents is 1. The van der Waals surface area contributed by atoms with Gasteiger partial charge in [0.05, 0.1) is 7.11 Å². The molecule has 3 nitrogen and oxygen atoms in total. The van der Waals surface area contributed by atoms with Gasteiger partial charge in [-0.3, -0.25) is 0 Å². The average Bonchev–Trinajstić information content (AvgIpc) is 2.16. The number of hydrogen-bond acceptors (Lipinski definition) is 3. The third-order valence-electron chi connectivity index (χ3n) is 2.03. The molecule has 1 aromatic rings. The fraction of sp³-hybridized carbons (Fsp3) is 0.400. The Labute approximate surface area is 92.2 Å². The monoisotopic (exact) mass is 259 g/mol. The van der Waals surface area contributed by atoms with Crippen molar-refractivity contribution in [3.8, 4) is 11.5 Å². The normalized spacial score (nSPS) is 10.3. The molecule has 0 spiro atoms. The second-order valence-corrected chi connectivity index (χ2v) is 3.87. The molecule has 4 heteroatoms. The number of rotatable bonds is 3. The Bertz CT molecular complexity index is 339. The quantitative estimate of drug-likeness (QED) is 0.875. The zero-order chi connectivity index (χ0) is 10.7. The zero-order valence-corrected chi connectivity index (χ0v) is 10.1. The van der Waals surface area contributed by atoms with Crippen molar-refractivity contribution >= 4 is 15.9 Å². The minimum atomic E-state index is 0.238. The maximum Gasteiger partial charge on any atom is 0.141 e. The van der Waals surface area contributed by atoms with Gasteiger partial charge in [0.2, 0.25) is 0 Å². The Morgan fingerprint density at radius 2 is 2.21 bits per heavy atom. The molecule has 0 saturated heterocycles. The lowest BCUT2D eigenvalue weighted by atomic mass is 10.1. The highest BCUT2D eigenvalue weighted by atomic mass is 79.9. The molecule has 0 aromatic heterocycles. The topological polar surface area (TPSA) is 41.5 Å². The van der Waals surface area contributed by atoms with Crippen LogP contribution in [0.3, 0.4) is 0 Å². The molecule has 2 N–H and O–H groups in total. The summed E-state index contributed by atoms with van der Waals surface area (Å²) in [7, 11) is 3.46. The smallest absolute Gasteiger partial charge is 0.141 e. The van der Waals surface area contributed by atoms with Crippen molar-refractivity contribution < 1.29 is 9.84 Å². The number of aryl methyl sites for hydroxylation is 1.